The zero-order valence-electron chi connectivity index (χ0n) is 12.6. The maximum Gasteiger partial charge on any atom is 0.251 e. The van der Waals surface area contributed by atoms with Gasteiger partial charge in [0.25, 0.3) is 5.56 Å². The van der Waals surface area contributed by atoms with Crippen molar-refractivity contribution < 1.29 is 4.39 Å². The fourth-order valence-corrected chi connectivity index (χ4v) is 4.07. The lowest BCUT2D eigenvalue weighted by Crippen LogP contribution is -2.30. The average molecular weight is 298 g/mol. The first-order valence-corrected chi connectivity index (χ1v) is 7.92. The molecule has 1 heterocycles. The zero-order chi connectivity index (χ0) is 15.3. The van der Waals surface area contributed by atoms with Crippen LogP contribution < -0.4 is 10.9 Å². The second-order valence-corrected chi connectivity index (χ2v) is 6.47. The van der Waals surface area contributed by atoms with Gasteiger partial charge < -0.3 is 10.3 Å². The van der Waals surface area contributed by atoms with Crippen molar-refractivity contribution in [3.63, 3.8) is 0 Å². The van der Waals surface area contributed by atoms with E-state index in [-0.39, 0.29) is 11.4 Å². The number of anilines is 2. The Morgan fingerprint density at radius 3 is 2.50 bits per heavy atom. The van der Waals surface area contributed by atoms with Crippen LogP contribution in [0.1, 0.15) is 54.2 Å². The van der Waals surface area contributed by atoms with E-state index in [2.05, 4.69) is 10.3 Å². The summed E-state index contributed by atoms with van der Waals surface area (Å²) in [7, 11) is 0. The molecule has 3 nitrogen and oxygen atoms in total. The molecule has 114 valence electrons. The molecule has 2 aromatic rings. The molecule has 0 amide bonds. The van der Waals surface area contributed by atoms with Gasteiger partial charge in [0.15, 0.2) is 0 Å². The molecule has 2 N–H and O–H groups in total. The quantitative estimate of drug-likeness (QED) is 0.867. The molecule has 0 saturated heterocycles. The predicted molar refractivity (Wildman–Crippen MR) is 85.4 cm³/mol. The third kappa shape index (κ3) is 1.97. The Hall–Kier alpha value is -2.10. The first kappa shape index (κ1) is 13.6. The second-order valence-electron chi connectivity index (χ2n) is 6.47. The van der Waals surface area contributed by atoms with Gasteiger partial charge in [-0.1, -0.05) is 12.1 Å². The van der Waals surface area contributed by atoms with Gasteiger partial charge in [0.1, 0.15) is 5.82 Å². The van der Waals surface area contributed by atoms with Crippen molar-refractivity contribution in [1.82, 2.24) is 4.98 Å². The number of aryl methyl sites for hydroxylation is 1. The number of fused-ring (bicyclic) bond motifs is 2. The van der Waals surface area contributed by atoms with Gasteiger partial charge in [0, 0.05) is 11.8 Å². The molecule has 0 atom stereocenters. The normalized spacial score (nSPS) is 22.5. The number of H-pyrrole nitrogens is 1. The molecule has 2 bridgehead atoms. The van der Waals surface area contributed by atoms with Crippen LogP contribution in [0.5, 0.6) is 0 Å². The molecule has 0 radical (unpaired) electrons. The Balaban J connectivity index is 1.82. The highest BCUT2D eigenvalue weighted by atomic mass is 19.1. The monoisotopic (exact) mass is 298 g/mol. The Kier molecular flexibility index (Phi) is 3.06. The fourth-order valence-electron chi connectivity index (χ4n) is 4.07. The van der Waals surface area contributed by atoms with E-state index in [0.717, 1.165) is 42.5 Å². The molecule has 0 unspecified atom stereocenters. The molecule has 1 aromatic carbocycles. The highest BCUT2D eigenvalue weighted by Crippen LogP contribution is 2.50. The van der Waals surface area contributed by atoms with Gasteiger partial charge in [0.2, 0.25) is 0 Å². The molecule has 0 aliphatic heterocycles. The highest BCUT2D eigenvalue weighted by Gasteiger charge is 2.36. The van der Waals surface area contributed by atoms with Gasteiger partial charge in [-0.25, -0.2) is 4.39 Å². The summed E-state index contributed by atoms with van der Waals surface area (Å²) in [6.07, 6.45) is 6.16. The van der Waals surface area contributed by atoms with Crippen molar-refractivity contribution in [3.05, 3.63) is 57.3 Å². The number of aromatic amines is 1. The van der Waals surface area contributed by atoms with Gasteiger partial charge in [-0.3, -0.25) is 4.79 Å². The van der Waals surface area contributed by atoms with Crippen molar-refractivity contribution in [3.8, 4) is 0 Å². The van der Waals surface area contributed by atoms with Crippen LogP contribution >= 0.6 is 0 Å². The molecule has 4 heteroatoms. The highest BCUT2D eigenvalue weighted by molar-refractivity contribution is 5.66. The first-order chi connectivity index (χ1) is 10.6. The fraction of sp³-hybridized carbons (Fsp3) is 0.389. The van der Waals surface area contributed by atoms with Crippen LogP contribution in [0.3, 0.4) is 0 Å². The average Bonchev–Trinajstić information content (AvgIpc) is 2.55. The number of benzene rings is 1. The molecule has 22 heavy (non-hydrogen) atoms. The Bertz CT molecular complexity index is 788. The van der Waals surface area contributed by atoms with E-state index in [4.69, 9.17) is 0 Å². The molecular weight excluding hydrogens is 279 g/mol. The maximum atomic E-state index is 14.3. The van der Waals surface area contributed by atoms with Gasteiger partial charge in [-0.05, 0) is 61.6 Å². The number of nitrogens with one attached hydrogen (secondary N) is 2. The van der Waals surface area contributed by atoms with Crippen LogP contribution in [0.25, 0.3) is 0 Å². The topological polar surface area (TPSA) is 44.9 Å². The van der Waals surface area contributed by atoms with E-state index in [1.165, 1.54) is 0 Å². The summed E-state index contributed by atoms with van der Waals surface area (Å²) in [6.45, 7) is 1.75. The number of aromatic nitrogens is 1. The molecular formula is C18H19FN2O. The third-order valence-corrected chi connectivity index (χ3v) is 5.18. The molecule has 3 aliphatic rings. The van der Waals surface area contributed by atoms with Crippen LogP contribution in [0.2, 0.25) is 0 Å². The van der Waals surface area contributed by atoms with Gasteiger partial charge >= 0.3 is 0 Å². The lowest BCUT2D eigenvalue weighted by atomic mass is 9.67. The molecule has 1 aromatic heterocycles. The van der Waals surface area contributed by atoms with Crippen molar-refractivity contribution in [2.75, 3.05) is 5.32 Å². The van der Waals surface area contributed by atoms with Crippen LogP contribution in [0.4, 0.5) is 15.8 Å². The SMILES string of the molecule is Cc1cccc(Nc2c[nH]c(=O)c3c2C2CCC3CC2)c1F. The van der Waals surface area contributed by atoms with Gasteiger partial charge in [-0.15, -0.1) is 0 Å². The summed E-state index contributed by atoms with van der Waals surface area (Å²) in [5, 5.41) is 3.21. The second kappa shape index (κ2) is 4.97. The minimum atomic E-state index is -0.233. The zero-order valence-corrected chi connectivity index (χ0v) is 12.6. The summed E-state index contributed by atoms with van der Waals surface area (Å²) < 4.78 is 14.3. The van der Waals surface area contributed by atoms with E-state index in [1.54, 1.807) is 25.3 Å². The number of hydrogen-bond donors (Lipinski definition) is 2. The minimum Gasteiger partial charge on any atom is -0.352 e. The summed E-state index contributed by atoms with van der Waals surface area (Å²) in [4.78, 5) is 15.0. The molecule has 1 fully saturated rings. The standard InChI is InChI=1S/C18H19FN2O/c1-10-3-2-4-13(17(10)19)21-14-9-20-18(22)16-12-7-5-11(6-8-12)15(14)16/h2-4,9,11-12,21H,5-8H2,1H3,(H,20,22). The molecule has 0 spiro atoms. The minimum absolute atomic E-state index is 0.0275. The summed E-state index contributed by atoms with van der Waals surface area (Å²) in [5.74, 6) is 0.564. The molecule has 3 aliphatic carbocycles. The number of rotatable bonds is 2. The Labute approximate surface area is 128 Å². The van der Waals surface area contributed by atoms with Crippen LogP contribution in [-0.2, 0) is 0 Å². The third-order valence-electron chi connectivity index (χ3n) is 5.18. The predicted octanol–water partition coefficient (Wildman–Crippen LogP) is 4.32. The van der Waals surface area contributed by atoms with Crippen molar-refractivity contribution >= 4 is 11.4 Å². The van der Waals surface area contributed by atoms with E-state index in [0.29, 0.717) is 23.1 Å². The number of pyridine rings is 1. The van der Waals surface area contributed by atoms with Crippen LogP contribution in [0, 0.1) is 12.7 Å². The maximum absolute atomic E-state index is 14.3. The van der Waals surface area contributed by atoms with E-state index < -0.39 is 0 Å². The first-order valence-electron chi connectivity index (χ1n) is 7.92. The van der Waals surface area contributed by atoms with E-state index in [1.807, 2.05) is 6.07 Å². The van der Waals surface area contributed by atoms with Gasteiger partial charge in [-0.2, -0.15) is 0 Å². The lowest BCUT2D eigenvalue weighted by Gasteiger charge is -2.38. The van der Waals surface area contributed by atoms with E-state index in [9.17, 15) is 9.18 Å². The van der Waals surface area contributed by atoms with Crippen molar-refractivity contribution in [1.29, 1.82) is 0 Å². The largest absolute Gasteiger partial charge is 0.352 e. The summed E-state index contributed by atoms with van der Waals surface area (Å²) in [5.41, 5.74) is 4.02. The lowest BCUT2D eigenvalue weighted by molar-refractivity contribution is 0.356. The van der Waals surface area contributed by atoms with Crippen LogP contribution in [-0.4, -0.2) is 4.98 Å². The van der Waals surface area contributed by atoms with Crippen LogP contribution in [0.15, 0.2) is 29.2 Å². The summed E-state index contributed by atoms with van der Waals surface area (Å²) in [6, 6.07) is 5.33. The molecule has 1 saturated carbocycles. The Morgan fingerprint density at radius 2 is 1.77 bits per heavy atom. The Morgan fingerprint density at radius 1 is 1.09 bits per heavy atom. The molecule has 5 rings (SSSR count). The van der Waals surface area contributed by atoms with Crippen molar-refractivity contribution in [2.24, 2.45) is 0 Å². The van der Waals surface area contributed by atoms with Gasteiger partial charge in [0.05, 0.1) is 11.4 Å². The summed E-state index contributed by atoms with van der Waals surface area (Å²) >= 11 is 0. The number of hydrogen-bond acceptors (Lipinski definition) is 2. The van der Waals surface area contributed by atoms with Crippen molar-refractivity contribution in [2.45, 2.75) is 44.4 Å². The smallest absolute Gasteiger partial charge is 0.251 e. The van der Waals surface area contributed by atoms with E-state index >= 15 is 0 Å². The number of halogens is 1.